The quantitative estimate of drug-likeness (QED) is 0.923. The van der Waals surface area contributed by atoms with E-state index >= 15 is 0 Å². The van der Waals surface area contributed by atoms with Crippen LogP contribution in [0.1, 0.15) is 31.5 Å². The molecular weight excluding hydrogens is 248 g/mol. The largest absolute Gasteiger partial charge is 0.383 e. The number of halogens is 2. The summed E-state index contributed by atoms with van der Waals surface area (Å²) in [5, 5.41) is 0. The third-order valence-corrected chi connectivity index (χ3v) is 3.48. The standard InChI is InChI=1S/C14H15F2N3/c1-2-19-13(17)12(18-14(19)8-3-4-8)10-7-9(15)5-6-11(10)16/h5-8H,2-4,17H2,1H3. The van der Waals surface area contributed by atoms with Gasteiger partial charge in [0.1, 0.15) is 29.0 Å². The van der Waals surface area contributed by atoms with Crippen molar-refractivity contribution in [2.24, 2.45) is 0 Å². The first-order valence-corrected chi connectivity index (χ1v) is 6.43. The minimum Gasteiger partial charge on any atom is -0.383 e. The Balaban J connectivity index is 2.17. The second-order valence-electron chi connectivity index (χ2n) is 4.85. The van der Waals surface area contributed by atoms with Gasteiger partial charge in [-0.25, -0.2) is 13.8 Å². The molecule has 1 saturated carbocycles. The van der Waals surface area contributed by atoms with Crippen LogP contribution >= 0.6 is 0 Å². The maximum atomic E-state index is 13.8. The third-order valence-electron chi connectivity index (χ3n) is 3.48. The summed E-state index contributed by atoms with van der Waals surface area (Å²) in [6.07, 6.45) is 2.17. The number of aromatic nitrogens is 2. The molecule has 0 radical (unpaired) electrons. The molecule has 1 aromatic carbocycles. The van der Waals surface area contributed by atoms with Gasteiger partial charge in [-0.2, -0.15) is 0 Å². The lowest BCUT2D eigenvalue weighted by molar-refractivity contribution is 0.603. The monoisotopic (exact) mass is 263 g/mol. The first kappa shape index (κ1) is 12.1. The fraction of sp³-hybridized carbons (Fsp3) is 0.357. The molecule has 1 aliphatic rings. The summed E-state index contributed by atoms with van der Waals surface area (Å²) in [4.78, 5) is 4.45. The van der Waals surface area contributed by atoms with Gasteiger partial charge < -0.3 is 10.3 Å². The SMILES string of the molecule is CCn1c(C2CC2)nc(-c2cc(F)ccc2F)c1N. The van der Waals surface area contributed by atoms with Crippen LogP contribution in [0.5, 0.6) is 0 Å². The second-order valence-corrected chi connectivity index (χ2v) is 4.85. The predicted octanol–water partition coefficient (Wildman–Crippen LogP) is 3.31. The van der Waals surface area contributed by atoms with Crippen molar-refractivity contribution in [3.63, 3.8) is 0 Å². The molecule has 1 fully saturated rings. The van der Waals surface area contributed by atoms with E-state index < -0.39 is 11.6 Å². The van der Waals surface area contributed by atoms with E-state index in [-0.39, 0.29) is 5.56 Å². The Morgan fingerprint density at radius 1 is 1.37 bits per heavy atom. The summed E-state index contributed by atoms with van der Waals surface area (Å²) in [5.41, 5.74) is 6.52. The number of nitrogens with zero attached hydrogens (tertiary/aromatic N) is 2. The van der Waals surface area contributed by atoms with Gasteiger partial charge >= 0.3 is 0 Å². The normalized spacial score (nSPS) is 14.9. The van der Waals surface area contributed by atoms with Crippen LogP contribution in [0.2, 0.25) is 0 Å². The summed E-state index contributed by atoms with van der Waals surface area (Å²) in [7, 11) is 0. The maximum absolute atomic E-state index is 13.8. The van der Waals surface area contributed by atoms with E-state index in [1.165, 1.54) is 0 Å². The molecule has 2 aromatic rings. The van der Waals surface area contributed by atoms with E-state index in [2.05, 4.69) is 4.98 Å². The summed E-state index contributed by atoms with van der Waals surface area (Å²) >= 11 is 0. The molecule has 0 spiro atoms. The van der Waals surface area contributed by atoms with E-state index in [4.69, 9.17) is 5.73 Å². The van der Waals surface area contributed by atoms with Crippen LogP contribution in [0.3, 0.4) is 0 Å². The van der Waals surface area contributed by atoms with Gasteiger partial charge in [-0.15, -0.1) is 0 Å². The van der Waals surface area contributed by atoms with Gasteiger partial charge in [-0.05, 0) is 38.0 Å². The topological polar surface area (TPSA) is 43.8 Å². The molecular formula is C14H15F2N3. The van der Waals surface area contributed by atoms with E-state index in [0.29, 0.717) is 24.0 Å². The van der Waals surface area contributed by atoms with Gasteiger partial charge in [0.05, 0.1) is 0 Å². The lowest BCUT2D eigenvalue weighted by atomic mass is 10.1. The maximum Gasteiger partial charge on any atom is 0.132 e. The van der Waals surface area contributed by atoms with E-state index in [9.17, 15) is 8.78 Å². The summed E-state index contributed by atoms with van der Waals surface area (Å²) < 4.78 is 29.0. The highest BCUT2D eigenvalue weighted by Gasteiger charge is 2.31. The van der Waals surface area contributed by atoms with Crippen molar-refractivity contribution < 1.29 is 8.78 Å². The Labute approximate surface area is 110 Å². The first-order chi connectivity index (χ1) is 9.11. The zero-order chi connectivity index (χ0) is 13.6. The number of benzene rings is 1. The Morgan fingerprint density at radius 3 is 2.74 bits per heavy atom. The molecule has 3 rings (SSSR count). The molecule has 2 N–H and O–H groups in total. The molecule has 1 aliphatic carbocycles. The summed E-state index contributed by atoms with van der Waals surface area (Å²) in [6, 6.07) is 3.34. The molecule has 0 saturated heterocycles. The molecule has 5 heteroatoms. The average molecular weight is 263 g/mol. The number of hydrogen-bond acceptors (Lipinski definition) is 2. The van der Waals surface area contributed by atoms with Crippen LogP contribution in [-0.2, 0) is 6.54 Å². The molecule has 1 heterocycles. The van der Waals surface area contributed by atoms with Crippen molar-refractivity contribution in [3.05, 3.63) is 35.7 Å². The lowest BCUT2D eigenvalue weighted by Crippen LogP contribution is -2.04. The van der Waals surface area contributed by atoms with E-state index in [0.717, 1.165) is 36.9 Å². The zero-order valence-electron chi connectivity index (χ0n) is 10.7. The van der Waals surface area contributed by atoms with Crippen LogP contribution in [0.15, 0.2) is 18.2 Å². The number of imidazole rings is 1. The van der Waals surface area contributed by atoms with Crippen molar-refractivity contribution >= 4 is 5.82 Å². The number of anilines is 1. The Bertz CT molecular complexity index is 630. The molecule has 0 amide bonds. The number of hydrogen-bond donors (Lipinski definition) is 1. The van der Waals surface area contributed by atoms with Crippen LogP contribution in [0.25, 0.3) is 11.3 Å². The summed E-state index contributed by atoms with van der Waals surface area (Å²) in [5.74, 6) is 0.714. The highest BCUT2D eigenvalue weighted by atomic mass is 19.1. The Hall–Kier alpha value is -1.91. The van der Waals surface area contributed by atoms with Crippen molar-refractivity contribution in [2.45, 2.75) is 32.2 Å². The molecule has 0 bridgehead atoms. The third kappa shape index (κ3) is 1.99. The van der Waals surface area contributed by atoms with E-state index in [1.807, 2.05) is 11.5 Å². The number of nitrogen functional groups attached to an aromatic ring is 1. The Morgan fingerprint density at radius 2 is 2.11 bits per heavy atom. The van der Waals surface area contributed by atoms with Crippen molar-refractivity contribution in [3.8, 4) is 11.3 Å². The van der Waals surface area contributed by atoms with Gasteiger partial charge in [0.25, 0.3) is 0 Å². The van der Waals surface area contributed by atoms with Crippen molar-refractivity contribution in [1.82, 2.24) is 9.55 Å². The fourth-order valence-corrected chi connectivity index (χ4v) is 2.35. The van der Waals surface area contributed by atoms with E-state index in [1.54, 1.807) is 0 Å². The van der Waals surface area contributed by atoms with Crippen molar-refractivity contribution in [1.29, 1.82) is 0 Å². The number of rotatable bonds is 3. The molecule has 100 valence electrons. The first-order valence-electron chi connectivity index (χ1n) is 6.43. The minimum atomic E-state index is -0.504. The predicted molar refractivity (Wildman–Crippen MR) is 69.6 cm³/mol. The van der Waals surface area contributed by atoms with Gasteiger partial charge in [0, 0.05) is 18.0 Å². The molecule has 3 nitrogen and oxygen atoms in total. The van der Waals surface area contributed by atoms with Gasteiger partial charge in [0.15, 0.2) is 0 Å². The van der Waals surface area contributed by atoms with Crippen LogP contribution in [0.4, 0.5) is 14.6 Å². The average Bonchev–Trinajstić information content (AvgIpc) is 3.17. The number of nitrogens with two attached hydrogens (primary N) is 1. The molecule has 1 aromatic heterocycles. The Kier molecular flexibility index (Phi) is 2.77. The minimum absolute atomic E-state index is 0.131. The van der Waals surface area contributed by atoms with Gasteiger partial charge in [0.2, 0.25) is 0 Å². The van der Waals surface area contributed by atoms with Gasteiger partial charge in [-0.1, -0.05) is 0 Å². The van der Waals surface area contributed by atoms with Crippen molar-refractivity contribution in [2.75, 3.05) is 5.73 Å². The molecule has 0 aliphatic heterocycles. The summed E-state index contributed by atoms with van der Waals surface area (Å²) in [6.45, 7) is 2.65. The molecule has 19 heavy (non-hydrogen) atoms. The highest BCUT2D eigenvalue weighted by molar-refractivity contribution is 5.71. The van der Waals surface area contributed by atoms with Crippen LogP contribution in [-0.4, -0.2) is 9.55 Å². The molecule has 0 atom stereocenters. The zero-order valence-corrected chi connectivity index (χ0v) is 10.7. The van der Waals surface area contributed by atoms with Crippen LogP contribution < -0.4 is 5.73 Å². The lowest BCUT2D eigenvalue weighted by Gasteiger charge is -2.05. The smallest absolute Gasteiger partial charge is 0.132 e. The fourth-order valence-electron chi connectivity index (χ4n) is 2.35. The second kappa shape index (κ2) is 4.33. The van der Waals surface area contributed by atoms with Gasteiger partial charge in [-0.3, -0.25) is 0 Å². The highest BCUT2D eigenvalue weighted by Crippen LogP contribution is 2.42. The molecule has 0 unspecified atom stereocenters. The van der Waals surface area contributed by atoms with Crippen LogP contribution in [0, 0.1) is 11.6 Å².